The van der Waals surface area contributed by atoms with E-state index in [0.717, 1.165) is 31.2 Å². The molecule has 0 fully saturated rings. The molecule has 0 saturated heterocycles. The summed E-state index contributed by atoms with van der Waals surface area (Å²) in [5.41, 5.74) is 0.197. The second-order valence-electron chi connectivity index (χ2n) is 5.43. The highest BCUT2D eigenvalue weighted by Crippen LogP contribution is 2.08. The van der Waals surface area contributed by atoms with Gasteiger partial charge in [-0.1, -0.05) is 0 Å². The van der Waals surface area contributed by atoms with E-state index in [9.17, 15) is 0 Å². The molecule has 1 N–H and O–H groups in total. The van der Waals surface area contributed by atoms with Crippen LogP contribution in [-0.2, 0) is 6.54 Å². The largest absolute Gasteiger partial charge is 0.465 e. The van der Waals surface area contributed by atoms with E-state index in [-0.39, 0.29) is 5.54 Å². The number of nitrogens with one attached hydrogen (secondary N) is 1. The van der Waals surface area contributed by atoms with E-state index in [4.69, 9.17) is 4.42 Å². The predicted molar refractivity (Wildman–Crippen MR) is 67.5 cm³/mol. The Morgan fingerprint density at radius 3 is 2.50 bits per heavy atom. The van der Waals surface area contributed by atoms with Crippen molar-refractivity contribution in [2.24, 2.45) is 0 Å². The van der Waals surface area contributed by atoms with Crippen LogP contribution in [0.5, 0.6) is 0 Å². The smallest absolute Gasteiger partial charge is 0.118 e. The number of hydrogen-bond acceptors (Lipinski definition) is 3. The molecule has 0 saturated carbocycles. The minimum atomic E-state index is 0.197. The van der Waals surface area contributed by atoms with E-state index < -0.39 is 0 Å². The molecule has 0 amide bonds. The maximum absolute atomic E-state index is 5.54. The monoisotopic (exact) mass is 224 g/mol. The molecule has 0 aliphatic rings. The number of rotatable bonds is 5. The summed E-state index contributed by atoms with van der Waals surface area (Å²) in [6.07, 6.45) is 0. The molecule has 0 aliphatic carbocycles. The van der Waals surface area contributed by atoms with Gasteiger partial charge in [-0.3, -0.25) is 4.90 Å². The summed E-state index contributed by atoms with van der Waals surface area (Å²) >= 11 is 0. The zero-order valence-corrected chi connectivity index (χ0v) is 11.1. The van der Waals surface area contributed by atoms with Gasteiger partial charge in [-0.2, -0.15) is 0 Å². The number of aryl methyl sites for hydroxylation is 1. The highest BCUT2D eigenvalue weighted by molar-refractivity contribution is 5.05. The van der Waals surface area contributed by atoms with Crippen LogP contribution in [0.25, 0.3) is 0 Å². The van der Waals surface area contributed by atoms with Crippen LogP contribution in [0.15, 0.2) is 16.5 Å². The zero-order valence-electron chi connectivity index (χ0n) is 11.1. The summed E-state index contributed by atoms with van der Waals surface area (Å²) in [6.45, 7) is 11.4. The third kappa shape index (κ3) is 5.33. The van der Waals surface area contributed by atoms with Crippen molar-refractivity contribution in [3.63, 3.8) is 0 Å². The molecule has 0 radical (unpaired) electrons. The van der Waals surface area contributed by atoms with Crippen LogP contribution < -0.4 is 5.32 Å². The third-order valence-corrected chi connectivity index (χ3v) is 2.37. The molecule has 1 rings (SSSR count). The van der Waals surface area contributed by atoms with E-state index in [0.29, 0.717) is 0 Å². The minimum Gasteiger partial charge on any atom is -0.465 e. The van der Waals surface area contributed by atoms with E-state index in [2.05, 4.69) is 38.0 Å². The Morgan fingerprint density at radius 1 is 1.31 bits per heavy atom. The Labute approximate surface area is 98.8 Å². The summed E-state index contributed by atoms with van der Waals surface area (Å²) in [6, 6.07) is 4.06. The van der Waals surface area contributed by atoms with E-state index >= 15 is 0 Å². The summed E-state index contributed by atoms with van der Waals surface area (Å²) in [4.78, 5) is 2.26. The van der Waals surface area contributed by atoms with Crippen LogP contribution in [0.1, 0.15) is 32.3 Å². The molecule has 0 aromatic carbocycles. The zero-order chi connectivity index (χ0) is 12.2. The second-order valence-corrected chi connectivity index (χ2v) is 5.43. The lowest BCUT2D eigenvalue weighted by molar-refractivity contribution is 0.278. The minimum absolute atomic E-state index is 0.197. The van der Waals surface area contributed by atoms with Gasteiger partial charge >= 0.3 is 0 Å². The first-order valence-electron chi connectivity index (χ1n) is 5.86. The van der Waals surface area contributed by atoms with Gasteiger partial charge in [-0.25, -0.2) is 0 Å². The van der Waals surface area contributed by atoms with Crippen LogP contribution in [0.4, 0.5) is 0 Å². The molecule has 1 aromatic rings. The van der Waals surface area contributed by atoms with Crippen molar-refractivity contribution >= 4 is 0 Å². The number of hydrogen-bond donors (Lipinski definition) is 1. The van der Waals surface area contributed by atoms with Gasteiger partial charge in [0.1, 0.15) is 11.5 Å². The molecule has 1 aromatic heterocycles. The Morgan fingerprint density at radius 2 is 2.00 bits per heavy atom. The molecule has 0 atom stereocenters. The summed E-state index contributed by atoms with van der Waals surface area (Å²) in [5, 5.41) is 3.47. The van der Waals surface area contributed by atoms with Crippen LogP contribution in [0.2, 0.25) is 0 Å². The molecule has 92 valence electrons. The normalized spacial score (nSPS) is 12.4. The second kappa shape index (κ2) is 5.51. The van der Waals surface area contributed by atoms with Crippen molar-refractivity contribution < 1.29 is 4.42 Å². The fourth-order valence-corrected chi connectivity index (χ4v) is 1.54. The lowest BCUT2D eigenvalue weighted by Crippen LogP contribution is -2.40. The van der Waals surface area contributed by atoms with Crippen molar-refractivity contribution in [2.45, 2.75) is 39.8 Å². The quantitative estimate of drug-likeness (QED) is 0.832. The van der Waals surface area contributed by atoms with Crippen molar-refractivity contribution in [1.29, 1.82) is 0 Å². The van der Waals surface area contributed by atoms with Gasteiger partial charge < -0.3 is 9.73 Å². The van der Waals surface area contributed by atoms with E-state index in [1.54, 1.807) is 0 Å². The number of nitrogens with zero attached hydrogens (tertiary/aromatic N) is 1. The van der Waals surface area contributed by atoms with Gasteiger partial charge in [0, 0.05) is 18.6 Å². The molecule has 0 aliphatic heterocycles. The first-order valence-corrected chi connectivity index (χ1v) is 5.86. The van der Waals surface area contributed by atoms with E-state index in [1.807, 2.05) is 19.1 Å². The molecular weight excluding hydrogens is 200 g/mol. The first-order chi connectivity index (χ1) is 7.37. The predicted octanol–water partition coefficient (Wildman–Crippen LogP) is 2.41. The molecule has 0 bridgehead atoms. The Hall–Kier alpha value is -0.800. The molecule has 3 heteroatoms. The number of likely N-dealkylation sites (N-methyl/N-ethyl adjacent to an activating group) is 1. The van der Waals surface area contributed by atoms with Gasteiger partial charge in [0.25, 0.3) is 0 Å². The van der Waals surface area contributed by atoms with Gasteiger partial charge in [-0.05, 0) is 46.9 Å². The molecular formula is C13H24N2O. The lowest BCUT2D eigenvalue weighted by Gasteiger charge is -2.23. The molecule has 16 heavy (non-hydrogen) atoms. The van der Waals surface area contributed by atoms with Crippen LogP contribution in [-0.4, -0.2) is 30.6 Å². The average Bonchev–Trinajstić information content (AvgIpc) is 2.48. The average molecular weight is 224 g/mol. The summed E-state index contributed by atoms with van der Waals surface area (Å²) < 4.78 is 5.54. The molecule has 3 nitrogen and oxygen atoms in total. The van der Waals surface area contributed by atoms with Crippen molar-refractivity contribution in [3.8, 4) is 0 Å². The van der Waals surface area contributed by atoms with Gasteiger partial charge in [0.15, 0.2) is 0 Å². The fraction of sp³-hybridized carbons (Fsp3) is 0.692. The van der Waals surface area contributed by atoms with Gasteiger partial charge in [-0.15, -0.1) is 0 Å². The lowest BCUT2D eigenvalue weighted by atomic mass is 10.1. The SMILES string of the molecule is Cc1ccc(CN(C)CCNC(C)(C)C)o1. The van der Waals surface area contributed by atoms with Gasteiger partial charge in [0.2, 0.25) is 0 Å². The highest BCUT2D eigenvalue weighted by Gasteiger charge is 2.09. The fourth-order valence-electron chi connectivity index (χ4n) is 1.54. The Bertz CT molecular complexity index is 312. The van der Waals surface area contributed by atoms with Crippen LogP contribution in [0, 0.1) is 6.92 Å². The molecule has 0 spiro atoms. The van der Waals surface area contributed by atoms with Crippen LogP contribution in [0.3, 0.4) is 0 Å². The van der Waals surface area contributed by atoms with Crippen molar-refractivity contribution in [3.05, 3.63) is 23.7 Å². The maximum Gasteiger partial charge on any atom is 0.118 e. The standard InChI is InChI=1S/C13H24N2O/c1-11-6-7-12(16-11)10-15(5)9-8-14-13(2,3)4/h6-7,14H,8-10H2,1-5H3. The summed E-state index contributed by atoms with van der Waals surface area (Å²) in [5.74, 6) is 2.02. The van der Waals surface area contributed by atoms with Crippen LogP contribution >= 0.6 is 0 Å². The maximum atomic E-state index is 5.54. The van der Waals surface area contributed by atoms with Crippen molar-refractivity contribution in [2.75, 3.05) is 20.1 Å². The number of furan rings is 1. The molecule has 0 unspecified atom stereocenters. The first kappa shape index (κ1) is 13.3. The topological polar surface area (TPSA) is 28.4 Å². The Balaban J connectivity index is 2.23. The van der Waals surface area contributed by atoms with Gasteiger partial charge in [0.05, 0.1) is 6.54 Å². The van der Waals surface area contributed by atoms with E-state index in [1.165, 1.54) is 0 Å². The highest BCUT2D eigenvalue weighted by atomic mass is 16.3. The third-order valence-electron chi connectivity index (χ3n) is 2.37. The molecule has 1 heterocycles. The Kier molecular flexibility index (Phi) is 4.56. The van der Waals surface area contributed by atoms with Crippen molar-refractivity contribution in [1.82, 2.24) is 10.2 Å². The summed E-state index contributed by atoms with van der Waals surface area (Å²) in [7, 11) is 2.11.